The molecule has 3 fully saturated rings. The summed E-state index contributed by atoms with van der Waals surface area (Å²) in [6.45, 7) is 4.39. The van der Waals surface area contributed by atoms with E-state index in [1.54, 1.807) is 0 Å². The van der Waals surface area contributed by atoms with Gasteiger partial charge in [0.2, 0.25) is 5.89 Å². The minimum Gasteiger partial charge on any atom is -0.339 e. The van der Waals surface area contributed by atoms with Crippen LogP contribution in [0.4, 0.5) is 0 Å². The topological polar surface area (TPSA) is 51.0 Å². The van der Waals surface area contributed by atoms with E-state index in [4.69, 9.17) is 9.51 Å². The fourth-order valence-electron chi connectivity index (χ4n) is 4.01. The Kier molecular flexibility index (Phi) is 2.47. The molecule has 4 rings (SSSR count). The number of nitrogens with one attached hydrogen (secondary N) is 1. The van der Waals surface area contributed by atoms with Crippen molar-refractivity contribution >= 4 is 0 Å². The molecule has 18 heavy (non-hydrogen) atoms. The van der Waals surface area contributed by atoms with E-state index in [0.29, 0.717) is 17.8 Å². The van der Waals surface area contributed by atoms with Gasteiger partial charge in [-0.1, -0.05) is 18.5 Å². The summed E-state index contributed by atoms with van der Waals surface area (Å²) < 4.78 is 5.51. The predicted octanol–water partition coefficient (Wildman–Crippen LogP) is 2.30. The maximum absolute atomic E-state index is 5.51. The van der Waals surface area contributed by atoms with E-state index in [2.05, 4.69) is 17.4 Å². The van der Waals surface area contributed by atoms with Crippen LogP contribution >= 0.6 is 0 Å². The minimum atomic E-state index is 0.408. The van der Waals surface area contributed by atoms with Crippen LogP contribution in [0.25, 0.3) is 0 Å². The zero-order chi connectivity index (χ0) is 12.1. The summed E-state index contributed by atoms with van der Waals surface area (Å²) in [4.78, 5) is 4.71. The Bertz CT molecular complexity index is 440. The van der Waals surface area contributed by atoms with Crippen LogP contribution < -0.4 is 5.32 Å². The van der Waals surface area contributed by atoms with Gasteiger partial charge >= 0.3 is 0 Å². The lowest BCUT2D eigenvalue weighted by Gasteiger charge is -2.30. The molecule has 2 aliphatic carbocycles. The van der Waals surface area contributed by atoms with Crippen molar-refractivity contribution in [2.75, 3.05) is 13.1 Å². The number of nitrogens with zero attached hydrogens (tertiary/aromatic N) is 2. The first-order valence-electron chi connectivity index (χ1n) is 7.35. The zero-order valence-corrected chi connectivity index (χ0v) is 10.9. The third-order valence-corrected chi connectivity index (χ3v) is 5.44. The molecule has 2 saturated carbocycles. The van der Waals surface area contributed by atoms with Crippen molar-refractivity contribution in [3.8, 4) is 0 Å². The summed E-state index contributed by atoms with van der Waals surface area (Å²) in [6.07, 6.45) is 5.50. The van der Waals surface area contributed by atoms with Gasteiger partial charge in [-0.25, -0.2) is 0 Å². The predicted molar refractivity (Wildman–Crippen MR) is 67.3 cm³/mol. The SMILES string of the molecule is CC(c1nc(C2CC3CCC2C3)no1)C1CNC1. The Morgan fingerprint density at radius 1 is 1.28 bits per heavy atom. The third kappa shape index (κ3) is 1.62. The van der Waals surface area contributed by atoms with Crippen LogP contribution in [-0.4, -0.2) is 23.2 Å². The van der Waals surface area contributed by atoms with Crippen molar-refractivity contribution < 1.29 is 4.52 Å². The summed E-state index contributed by atoms with van der Waals surface area (Å²) in [5, 5.41) is 7.58. The van der Waals surface area contributed by atoms with Gasteiger partial charge < -0.3 is 9.84 Å². The Hall–Kier alpha value is -0.900. The van der Waals surface area contributed by atoms with E-state index < -0.39 is 0 Å². The molecule has 2 heterocycles. The number of hydrogen-bond acceptors (Lipinski definition) is 4. The van der Waals surface area contributed by atoms with Crippen molar-refractivity contribution in [1.82, 2.24) is 15.5 Å². The van der Waals surface area contributed by atoms with Crippen LogP contribution in [0.5, 0.6) is 0 Å². The van der Waals surface area contributed by atoms with Crippen LogP contribution in [0.2, 0.25) is 0 Å². The second kappa shape index (κ2) is 4.05. The highest BCUT2D eigenvalue weighted by Gasteiger charge is 2.42. The number of aromatic nitrogens is 2. The van der Waals surface area contributed by atoms with E-state index in [-0.39, 0.29) is 0 Å². The highest BCUT2D eigenvalue weighted by molar-refractivity contribution is 5.08. The van der Waals surface area contributed by atoms with E-state index in [9.17, 15) is 0 Å². The van der Waals surface area contributed by atoms with Crippen molar-refractivity contribution in [2.45, 2.75) is 44.4 Å². The van der Waals surface area contributed by atoms with Gasteiger partial charge in [0.05, 0.1) is 0 Å². The Labute approximate surface area is 108 Å². The molecule has 0 radical (unpaired) electrons. The molecule has 1 aliphatic heterocycles. The average molecular weight is 247 g/mol. The quantitative estimate of drug-likeness (QED) is 0.890. The van der Waals surface area contributed by atoms with Gasteiger partial charge in [-0.05, 0) is 50.1 Å². The van der Waals surface area contributed by atoms with Crippen LogP contribution in [-0.2, 0) is 0 Å². The smallest absolute Gasteiger partial charge is 0.229 e. The highest BCUT2D eigenvalue weighted by Crippen LogP contribution is 2.52. The summed E-state index contributed by atoms with van der Waals surface area (Å²) in [5.41, 5.74) is 0. The summed E-state index contributed by atoms with van der Waals surface area (Å²) in [5.74, 6) is 5.31. The van der Waals surface area contributed by atoms with E-state index in [1.165, 1.54) is 25.7 Å². The number of hydrogen-bond donors (Lipinski definition) is 1. The maximum Gasteiger partial charge on any atom is 0.229 e. The number of fused-ring (bicyclic) bond motifs is 2. The maximum atomic E-state index is 5.51. The van der Waals surface area contributed by atoms with Gasteiger partial charge in [0, 0.05) is 11.8 Å². The van der Waals surface area contributed by atoms with Crippen molar-refractivity contribution in [2.24, 2.45) is 17.8 Å². The van der Waals surface area contributed by atoms with Crippen molar-refractivity contribution in [1.29, 1.82) is 0 Å². The van der Waals surface area contributed by atoms with Crippen molar-refractivity contribution in [3.05, 3.63) is 11.7 Å². The third-order valence-electron chi connectivity index (χ3n) is 5.44. The van der Waals surface area contributed by atoms with Crippen molar-refractivity contribution in [3.63, 3.8) is 0 Å². The van der Waals surface area contributed by atoms with Gasteiger partial charge in [0.1, 0.15) is 0 Å². The molecule has 1 aromatic heterocycles. The first kappa shape index (κ1) is 11.0. The van der Waals surface area contributed by atoms with Gasteiger partial charge in [0.25, 0.3) is 0 Å². The molecule has 1 N–H and O–H groups in total. The van der Waals surface area contributed by atoms with Gasteiger partial charge in [-0.2, -0.15) is 4.98 Å². The highest BCUT2D eigenvalue weighted by atomic mass is 16.5. The first-order chi connectivity index (χ1) is 8.81. The first-order valence-corrected chi connectivity index (χ1v) is 7.35. The van der Waals surface area contributed by atoms with Gasteiger partial charge in [0.15, 0.2) is 5.82 Å². The lowest BCUT2D eigenvalue weighted by atomic mass is 9.87. The standard InChI is InChI=1S/C14H21N3O/c1-8(11-6-15-7-11)14-16-13(17-18-14)12-5-9-2-3-10(12)4-9/h8-12,15H,2-7H2,1H3. The summed E-state index contributed by atoms with van der Waals surface area (Å²) in [7, 11) is 0. The monoisotopic (exact) mass is 247 g/mol. The van der Waals surface area contributed by atoms with Crippen LogP contribution in [0, 0.1) is 17.8 Å². The van der Waals surface area contributed by atoms with Crippen LogP contribution in [0.3, 0.4) is 0 Å². The molecule has 4 nitrogen and oxygen atoms in total. The Balaban J connectivity index is 1.51. The Morgan fingerprint density at radius 2 is 2.17 bits per heavy atom. The molecule has 4 unspecified atom stereocenters. The van der Waals surface area contributed by atoms with E-state index in [1.807, 2.05) is 0 Å². The van der Waals surface area contributed by atoms with E-state index in [0.717, 1.165) is 36.6 Å². The van der Waals surface area contributed by atoms with Gasteiger partial charge in [-0.3, -0.25) is 0 Å². The second-order valence-electron chi connectivity index (χ2n) is 6.48. The average Bonchev–Trinajstić information content (AvgIpc) is 3.02. The summed E-state index contributed by atoms with van der Waals surface area (Å²) in [6, 6.07) is 0. The molecule has 0 amide bonds. The lowest BCUT2D eigenvalue weighted by molar-refractivity contribution is 0.251. The molecular formula is C14H21N3O. The fraction of sp³-hybridized carbons (Fsp3) is 0.857. The second-order valence-corrected chi connectivity index (χ2v) is 6.48. The molecule has 1 saturated heterocycles. The largest absolute Gasteiger partial charge is 0.339 e. The van der Waals surface area contributed by atoms with Crippen LogP contribution in [0.1, 0.15) is 56.2 Å². The molecule has 1 aromatic rings. The molecule has 0 aromatic carbocycles. The zero-order valence-electron chi connectivity index (χ0n) is 10.9. The molecule has 4 heteroatoms. The molecule has 0 spiro atoms. The fourth-order valence-corrected chi connectivity index (χ4v) is 4.01. The van der Waals surface area contributed by atoms with Gasteiger partial charge in [-0.15, -0.1) is 0 Å². The summed E-state index contributed by atoms with van der Waals surface area (Å²) >= 11 is 0. The van der Waals surface area contributed by atoms with Crippen LogP contribution in [0.15, 0.2) is 4.52 Å². The lowest BCUT2D eigenvalue weighted by Crippen LogP contribution is -2.44. The molecule has 98 valence electrons. The molecular weight excluding hydrogens is 226 g/mol. The minimum absolute atomic E-state index is 0.408. The normalized spacial score (nSPS) is 36.8. The Morgan fingerprint density at radius 3 is 2.78 bits per heavy atom. The number of rotatable bonds is 3. The molecule has 4 atom stereocenters. The molecule has 3 aliphatic rings. The van der Waals surface area contributed by atoms with E-state index >= 15 is 0 Å². The molecule has 2 bridgehead atoms.